The molecule has 0 aliphatic carbocycles. The Kier molecular flexibility index (Phi) is 5.07. The topological polar surface area (TPSA) is 34.1 Å². The normalized spacial score (nSPS) is 12.2. The molecule has 0 bridgehead atoms. The van der Waals surface area contributed by atoms with E-state index in [4.69, 9.17) is 4.74 Å². The van der Waals surface area contributed by atoms with E-state index in [1.807, 2.05) is 19.2 Å². The second-order valence-corrected chi connectivity index (χ2v) is 4.58. The molecule has 0 spiro atoms. The van der Waals surface area contributed by atoms with Gasteiger partial charge in [-0.05, 0) is 42.8 Å². The standard InChI is InChI=1S/C16H19FN2O/c1-3-7-20-15-9-13(10-19-11-15)16(18-2)12-5-4-6-14(17)8-12/h4-6,8-11,16,18H,3,7H2,1-2H3. The number of halogens is 1. The summed E-state index contributed by atoms with van der Waals surface area (Å²) < 4.78 is 18.9. The molecule has 0 aliphatic rings. The van der Waals surface area contributed by atoms with Crippen molar-refractivity contribution in [3.63, 3.8) is 0 Å². The number of nitrogens with zero attached hydrogens (tertiary/aromatic N) is 1. The van der Waals surface area contributed by atoms with Gasteiger partial charge in [0.05, 0.1) is 18.8 Å². The fourth-order valence-corrected chi connectivity index (χ4v) is 2.10. The lowest BCUT2D eigenvalue weighted by molar-refractivity contribution is 0.315. The monoisotopic (exact) mass is 274 g/mol. The van der Waals surface area contributed by atoms with Gasteiger partial charge >= 0.3 is 0 Å². The molecule has 1 atom stereocenters. The third kappa shape index (κ3) is 3.54. The Morgan fingerprint density at radius 2 is 2.10 bits per heavy atom. The van der Waals surface area contributed by atoms with Crippen LogP contribution in [0, 0.1) is 5.82 Å². The van der Waals surface area contributed by atoms with Gasteiger partial charge in [-0.25, -0.2) is 4.39 Å². The van der Waals surface area contributed by atoms with Gasteiger partial charge in [0, 0.05) is 6.20 Å². The van der Waals surface area contributed by atoms with Crippen molar-refractivity contribution in [1.82, 2.24) is 10.3 Å². The van der Waals surface area contributed by atoms with Crippen LogP contribution < -0.4 is 10.1 Å². The lowest BCUT2D eigenvalue weighted by atomic mass is 10.0. The summed E-state index contributed by atoms with van der Waals surface area (Å²) in [6, 6.07) is 8.40. The molecule has 4 heteroatoms. The minimum atomic E-state index is -0.242. The van der Waals surface area contributed by atoms with Crippen molar-refractivity contribution < 1.29 is 9.13 Å². The zero-order valence-electron chi connectivity index (χ0n) is 11.8. The largest absolute Gasteiger partial charge is 0.492 e. The quantitative estimate of drug-likeness (QED) is 0.877. The Balaban J connectivity index is 2.27. The van der Waals surface area contributed by atoms with E-state index in [-0.39, 0.29) is 11.9 Å². The summed E-state index contributed by atoms with van der Waals surface area (Å²) in [5, 5.41) is 3.18. The fraction of sp³-hybridized carbons (Fsp3) is 0.312. The van der Waals surface area contributed by atoms with Gasteiger partial charge in [0.1, 0.15) is 11.6 Å². The molecule has 2 rings (SSSR count). The third-order valence-corrected chi connectivity index (χ3v) is 3.01. The summed E-state index contributed by atoms with van der Waals surface area (Å²) in [6.07, 6.45) is 4.41. The van der Waals surface area contributed by atoms with Gasteiger partial charge in [0.2, 0.25) is 0 Å². The summed E-state index contributed by atoms with van der Waals surface area (Å²) in [7, 11) is 1.84. The number of hydrogen-bond donors (Lipinski definition) is 1. The van der Waals surface area contributed by atoms with Crippen molar-refractivity contribution in [2.75, 3.05) is 13.7 Å². The molecule has 3 nitrogen and oxygen atoms in total. The Labute approximate surface area is 118 Å². The minimum absolute atomic E-state index is 0.108. The van der Waals surface area contributed by atoms with Crippen LogP contribution in [0.15, 0.2) is 42.7 Å². The zero-order chi connectivity index (χ0) is 14.4. The van der Waals surface area contributed by atoms with Crippen molar-refractivity contribution in [2.24, 2.45) is 0 Å². The van der Waals surface area contributed by atoms with E-state index >= 15 is 0 Å². The first-order valence-electron chi connectivity index (χ1n) is 6.75. The highest BCUT2D eigenvalue weighted by molar-refractivity contribution is 5.34. The van der Waals surface area contributed by atoms with Crippen molar-refractivity contribution >= 4 is 0 Å². The molecule has 0 saturated heterocycles. The van der Waals surface area contributed by atoms with Gasteiger partial charge in [-0.2, -0.15) is 0 Å². The van der Waals surface area contributed by atoms with E-state index < -0.39 is 0 Å². The van der Waals surface area contributed by atoms with Gasteiger partial charge in [0.15, 0.2) is 0 Å². The first-order valence-corrected chi connectivity index (χ1v) is 6.75. The average Bonchev–Trinajstić information content (AvgIpc) is 2.46. The van der Waals surface area contributed by atoms with E-state index in [1.165, 1.54) is 12.1 Å². The molecule has 1 aromatic carbocycles. The molecule has 20 heavy (non-hydrogen) atoms. The molecule has 0 amide bonds. The van der Waals surface area contributed by atoms with Crippen LogP contribution in [0.2, 0.25) is 0 Å². The van der Waals surface area contributed by atoms with Crippen molar-refractivity contribution in [3.8, 4) is 5.75 Å². The van der Waals surface area contributed by atoms with Gasteiger partial charge in [0.25, 0.3) is 0 Å². The van der Waals surface area contributed by atoms with Crippen molar-refractivity contribution in [2.45, 2.75) is 19.4 Å². The van der Waals surface area contributed by atoms with Crippen molar-refractivity contribution in [3.05, 3.63) is 59.7 Å². The van der Waals surface area contributed by atoms with Crippen LogP contribution in [-0.2, 0) is 0 Å². The highest BCUT2D eigenvalue weighted by Gasteiger charge is 2.13. The molecule has 1 N–H and O–H groups in total. The van der Waals surface area contributed by atoms with E-state index in [1.54, 1.807) is 18.5 Å². The van der Waals surface area contributed by atoms with Gasteiger partial charge < -0.3 is 10.1 Å². The Hall–Kier alpha value is -1.94. The molecule has 1 aromatic heterocycles. The third-order valence-electron chi connectivity index (χ3n) is 3.01. The molecule has 1 unspecified atom stereocenters. The summed E-state index contributed by atoms with van der Waals surface area (Å²) in [5.74, 6) is 0.495. The van der Waals surface area contributed by atoms with E-state index in [9.17, 15) is 4.39 Å². The van der Waals surface area contributed by atoms with Crippen LogP contribution in [0.4, 0.5) is 4.39 Å². The Bertz CT molecular complexity index is 560. The van der Waals surface area contributed by atoms with Gasteiger partial charge in [-0.3, -0.25) is 4.98 Å². The number of rotatable bonds is 6. The van der Waals surface area contributed by atoms with E-state index in [0.717, 1.165) is 23.3 Å². The Morgan fingerprint density at radius 1 is 1.25 bits per heavy atom. The van der Waals surface area contributed by atoms with Crippen LogP contribution in [0.5, 0.6) is 5.75 Å². The van der Waals surface area contributed by atoms with Gasteiger partial charge in [-0.1, -0.05) is 19.1 Å². The highest BCUT2D eigenvalue weighted by atomic mass is 19.1. The lowest BCUT2D eigenvalue weighted by Crippen LogP contribution is -2.18. The summed E-state index contributed by atoms with van der Waals surface area (Å²) in [5.41, 5.74) is 1.81. The lowest BCUT2D eigenvalue weighted by Gasteiger charge is -2.17. The molecular weight excluding hydrogens is 255 g/mol. The highest BCUT2D eigenvalue weighted by Crippen LogP contribution is 2.24. The maximum atomic E-state index is 13.4. The predicted octanol–water partition coefficient (Wildman–Crippen LogP) is 3.32. The summed E-state index contributed by atoms with van der Waals surface area (Å²) in [4.78, 5) is 4.20. The summed E-state index contributed by atoms with van der Waals surface area (Å²) >= 11 is 0. The summed E-state index contributed by atoms with van der Waals surface area (Å²) in [6.45, 7) is 2.72. The second-order valence-electron chi connectivity index (χ2n) is 4.58. The van der Waals surface area contributed by atoms with Crippen LogP contribution in [0.1, 0.15) is 30.5 Å². The number of pyridine rings is 1. The van der Waals surface area contributed by atoms with Crippen LogP contribution in [0.25, 0.3) is 0 Å². The number of ether oxygens (including phenoxy) is 1. The number of hydrogen-bond acceptors (Lipinski definition) is 3. The zero-order valence-corrected chi connectivity index (χ0v) is 11.8. The molecule has 106 valence electrons. The molecule has 1 heterocycles. The molecular formula is C16H19FN2O. The average molecular weight is 274 g/mol. The number of benzene rings is 1. The van der Waals surface area contributed by atoms with Gasteiger partial charge in [-0.15, -0.1) is 0 Å². The first-order chi connectivity index (χ1) is 9.74. The fourth-order valence-electron chi connectivity index (χ4n) is 2.10. The first kappa shape index (κ1) is 14.5. The number of nitrogens with one attached hydrogen (secondary N) is 1. The maximum Gasteiger partial charge on any atom is 0.137 e. The van der Waals surface area contributed by atoms with Crippen molar-refractivity contribution in [1.29, 1.82) is 0 Å². The van der Waals surface area contributed by atoms with E-state index in [2.05, 4.69) is 17.2 Å². The van der Waals surface area contributed by atoms with E-state index in [0.29, 0.717) is 6.61 Å². The number of aromatic nitrogens is 1. The van der Waals surface area contributed by atoms with Crippen LogP contribution in [-0.4, -0.2) is 18.6 Å². The SMILES string of the molecule is CCCOc1cncc(C(NC)c2cccc(F)c2)c1. The molecule has 0 radical (unpaired) electrons. The molecule has 0 fully saturated rings. The Morgan fingerprint density at radius 3 is 2.80 bits per heavy atom. The maximum absolute atomic E-state index is 13.4. The molecule has 0 saturated carbocycles. The second kappa shape index (κ2) is 7.01. The smallest absolute Gasteiger partial charge is 0.137 e. The molecule has 0 aliphatic heterocycles. The van der Waals surface area contributed by atoms with Crippen LogP contribution in [0.3, 0.4) is 0 Å². The predicted molar refractivity (Wildman–Crippen MR) is 77.3 cm³/mol. The minimum Gasteiger partial charge on any atom is -0.492 e. The molecule has 2 aromatic rings. The van der Waals surface area contributed by atoms with Crippen LogP contribution >= 0.6 is 0 Å².